The Hall–Kier alpha value is -1.53. The molecular formula is C19H34N4O2. The van der Waals surface area contributed by atoms with E-state index in [1.165, 1.54) is 0 Å². The van der Waals surface area contributed by atoms with Gasteiger partial charge in [-0.3, -0.25) is 9.89 Å². The number of furan rings is 1. The predicted molar refractivity (Wildman–Crippen MR) is 102 cm³/mol. The first-order chi connectivity index (χ1) is 12.2. The van der Waals surface area contributed by atoms with E-state index in [2.05, 4.69) is 36.3 Å². The molecule has 1 aromatic heterocycles. The average Bonchev–Trinajstić information content (AvgIpc) is 3.13. The Morgan fingerprint density at radius 3 is 2.64 bits per heavy atom. The molecule has 1 unspecified atom stereocenters. The van der Waals surface area contributed by atoms with Crippen molar-refractivity contribution in [3.05, 3.63) is 24.2 Å². The topological polar surface area (TPSA) is 62.0 Å². The predicted octanol–water partition coefficient (Wildman–Crippen LogP) is 2.12. The summed E-state index contributed by atoms with van der Waals surface area (Å²) in [7, 11) is 0. The molecule has 0 radical (unpaired) electrons. The Morgan fingerprint density at radius 2 is 2.00 bits per heavy atom. The van der Waals surface area contributed by atoms with Crippen molar-refractivity contribution in [3.8, 4) is 0 Å². The van der Waals surface area contributed by atoms with Gasteiger partial charge >= 0.3 is 0 Å². The highest BCUT2D eigenvalue weighted by Gasteiger charge is 2.23. The smallest absolute Gasteiger partial charge is 0.191 e. The SMILES string of the molecule is CCCNC(=NCC(C(C)C)N1CCOCC1)NCCc1ccco1. The molecule has 6 heteroatoms. The summed E-state index contributed by atoms with van der Waals surface area (Å²) in [6.07, 6.45) is 3.65. The van der Waals surface area contributed by atoms with Crippen LogP contribution in [0, 0.1) is 5.92 Å². The molecule has 2 rings (SSSR count). The second kappa shape index (κ2) is 11.2. The average molecular weight is 351 g/mol. The summed E-state index contributed by atoms with van der Waals surface area (Å²) >= 11 is 0. The van der Waals surface area contributed by atoms with E-state index in [0.717, 1.165) is 70.5 Å². The highest BCUT2D eigenvalue weighted by Crippen LogP contribution is 2.13. The van der Waals surface area contributed by atoms with Crippen LogP contribution >= 0.6 is 0 Å². The summed E-state index contributed by atoms with van der Waals surface area (Å²) in [5, 5.41) is 6.84. The van der Waals surface area contributed by atoms with Crippen LogP contribution in [-0.2, 0) is 11.2 Å². The molecule has 6 nitrogen and oxygen atoms in total. The molecule has 0 saturated carbocycles. The molecule has 1 aromatic rings. The van der Waals surface area contributed by atoms with Gasteiger partial charge in [-0.2, -0.15) is 0 Å². The van der Waals surface area contributed by atoms with E-state index in [9.17, 15) is 0 Å². The van der Waals surface area contributed by atoms with Gasteiger partial charge in [0.25, 0.3) is 0 Å². The van der Waals surface area contributed by atoms with Crippen molar-refractivity contribution in [1.29, 1.82) is 0 Å². The zero-order valence-corrected chi connectivity index (χ0v) is 16.0. The fourth-order valence-electron chi connectivity index (χ4n) is 3.02. The second-order valence-corrected chi connectivity index (χ2v) is 6.83. The minimum Gasteiger partial charge on any atom is -0.469 e. The number of aliphatic imine (C=N–C) groups is 1. The lowest BCUT2D eigenvalue weighted by Crippen LogP contribution is -2.48. The van der Waals surface area contributed by atoms with Gasteiger partial charge in [0.2, 0.25) is 0 Å². The maximum atomic E-state index is 5.49. The molecule has 2 heterocycles. The highest BCUT2D eigenvalue weighted by atomic mass is 16.5. The van der Waals surface area contributed by atoms with Gasteiger partial charge in [0, 0.05) is 38.6 Å². The Kier molecular flexibility index (Phi) is 8.83. The van der Waals surface area contributed by atoms with Gasteiger partial charge < -0.3 is 19.8 Å². The summed E-state index contributed by atoms with van der Waals surface area (Å²) < 4.78 is 10.9. The normalized spacial score (nSPS) is 17.7. The molecule has 1 saturated heterocycles. The van der Waals surface area contributed by atoms with Gasteiger partial charge in [0.1, 0.15) is 5.76 Å². The van der Waals surface area contributed by atoms with E-state index >= 15 is 0 Å². The molecule has 0 amide bonds. The molecule has 1 fully saturated rings. The lowest BCUT2D eigenvalue weighted by atomic mass is 10.0. The molecule has 0 aromatic carbocycles. The van der Waals surface area contributed by atoms with Gasteiger partial charge in [-0.05, 0) is 24.5 Å². The van der Waals surface area contributed by atoms with Gasteiger partial charge in [0.15, 0.2) is 5.96 Å². The lowest BCUT2D eigenvalue weighted by Gasteiger charge is -2.36. The van der Waals surface area contributed by atoms with E-state index in [0.29, 0.717) is 12.0 Å². The number of ether oxygens (including phenoxy) is 1. The van der Waals surface area contributed by atoms with Crippen molar-refractivity contribution >= 4 is 5.96 Å². The van der Waals surface area contributed by atoms with Crippen molar-refractivity contribution in [2.24, 2.45) is 10.9 Å². The molecule has 25 heavy (non-hydrogen) atoms. The van der Waals surface area contributed by atoms with Crippen LogP contribution < -0.4 is 10.6 Å². The Labute approximate surface area is 152 Å². The van der Waals surface area contributed by atoms with E-state index in [4.69, 9.17) is 14.1 Å². The Bertz CT molecular complexity index is 482. The second-order valence-electron chi connectivity index (χ2n) is 6.83. The maximum absolute atomic E-state index is 5.49. The van der Waals surface area contributed by atoms with Crippen molar-refractivity contribution in [1.82, 2.24) is 15.5 Å². The molecule has 0 aliphatic carbocycles. The van der Waals surface area contributed by atoms with Crippen LogP contribution in [0.2, 0.25) is 0 Å². The van der Waals surface area contributed by atoms with Crippen molar-refractivity contribution in [3.63, 3.8) is 0 Å². The van der Waals surface area contributed by atoms with Crippen LogP contribution in [-0.4, -0.2) is 62.8 Å². The van der Waals surface area contributed by atoms with E-state index in [1.54, 1.807) is 6.26 Å². The standard InChI is InChI=1S/C19H34N4O2/c1-4-8-20-19(21-9-7-17-6-5-12-25-17)22-15-18(16(2)3)23-10-13-24-14-11-23/h5-6,12,16,18H,4,7-11,13-15H2,1-3H3,(H2,20,21,22). The first kappa shape index (κ1) is 19.8. The zero-order valence-electron chi connectivity index (χ0n) is 16.0. The summed E-state index contributed by atoms with van der Waals surface area (Å²) in [5.41, 5.74) is 0. The van der Waals surface area contributed by atoms with Crippen LogP contribution in [0.4, 0.5) is 0 Å². The number of hydrogen-bond acceptors (Lipinski definition) is 4. The molecule has 0 spiro atoms. The molecule has 1 atom stereocenters. The first-order valence-corrected chi connectivity index (χ1v) is 9.57. The highest BCUT2D eigenvalue weighted by molar-refractivity contribution is 5.79. The molecule has 142 valence electrons. The Morgan fingerprint density at radius 1 is 1.24 bits per heavy atom. The molecule has 2 N–H and O–H groups in total. The van der Waals surface area contributed by atoms with E-state index in [-0.39, 0.29) is 0 Å². The van der Waals surface area contributed by atoms with Crippen molar-refractivity contribution in [2.45, 2.75) is 39.7 Å². The summed E-state index contributed by atoms with van der Waals surface area (Å²) in [6.45, 7) is 12.9. The fraction of sp³-hybridized carbons (Fsp3) is 0.737. The third-order valence-electron chi connectivity index (χ3n) is 4.51. The summed E-state index contributed by atoms with van der Waals surface area (Å²) in [6, 6.07) is 4.38. The molecular weight excluding hydrogens is 316 g/mol. The maximum Gasteiger partial charge on any atom is 0.191 e. The quantitative estimate of drug-likeness (QED) is 0.528. The lowest BCUT2D eigenvalue weighted by molar-refractivity contribution is 0.00867. The van der Waals surface area contributed by atoms with Crippen LogP contribution in [0.5, 0.6) is 0 Å². The van der Waals surface area contributed by atoms with Gasteiger partial charge in [-0.15, -0.1) is 0 Å². The number of guanidine groups is 1. The van der Waals surface area contributed by atoms with E-state index in [1.807, 2.05) is 12.1 Å². The molecule has 0 bridgehead atoms. The molecule has 1 aliphatic heterocycles. The summed E-state index contributed by atoms with van der Waals surface area (Å²) in [4.78, 5) is 7.37. The minimum atomic E-state index is 0.453. The number of rotatable bonds is 9. The number of morpholine rings is 1. The third kappa shape index (κ3) is 7.08. The van der Waals surface area contributed by atoms with Crippen LogP contribution in [0.1, 0.15) is 33.0 Å². The fourth-order valence-corrected chi connectivity index (χ4v) is 3.02. The first-order valence-electron chi connectivity index (χ1n) is 9.57. The molecule has 1 aliphatic rings. The van der Waals surface area contributed by atoms with Gasteiger partial charge in [0.05, 0.1) is 26.0 Å². The monoisotopic (exact) mass is 350 g/mol. The van der Waals surface area contributed by atoms with Crippen LogP contribution in [0.3, 0.4) is 0 Å². The van der Waals surface area contributed by atoms with Gasteiger partial charge in [-0.1, -0.05) is 20.8 Å². The van der Waals surface area contributed by atoms with Crippen LogP contribution in [0.25, 0.3) is 0 Å². The number of nitrogens with zero attached hydrogens (tertiary/aromatic N) is 2. The zero-order chi connectivity index (χ0) is 17.9. The number of nitrogens with one attached hydrogen (secondary N) is 2. The van der Waals surface area contributed by atoms with Crippen molar-refractivity contribution < 1.29 is 9.15 Å². The number of hydrogen-bond donors (Lipinski definition) is 2. The largest absolute Gasteiger partial charge is 0.469 e. The van der Waals surface area contributed by atoms with Crippen molar-refractivity contribution in [2.75, 3.05) is 45.9 Å². The minimum absolute atomic E-state index is 0.453. The Balaban J connectivity index is 1.88. The van der Waals surface area contributed by atoms with Crippen LogP contribution in [0.15, 0.2) is 27.8 Å². The summed E-state index contributed by atoms with van der Waals surface area (Å²) in [5.74, 6) is 2.46. The third-order valence-corrected chi connectivity index (χ3v) is 4.51. The van der Waals surface area contributed by atoms with E-state index < -0.39 is 0 Å². The van der Waals surface area contributed by atoms with Gasteiger partial charge in [-0.25, -0.2) is 0 Å².